The molecular weight excluding hydrogens is 583 g/mol. The molecular formula is C29H20BrFN4O3S. The van der Waals surface area contributed by atoms with Crippen LogP contribution in [-0.4, -0.2) is 23.4 Å². The Kier molecular flexibility index (Phi) is 6.16. The van der Waals surface area contributed by atoms with E-state index in [0.29, 0.717) is 33.0 Å². The van der Waals surface area contributed by atoms with Gasteiger partial charge in [0.25, 0.3) is 17.4 Å². The number of hydrogen-bond donors (Lipinski definition) is 1. The number of nitrogens with zero attached hydrogens (tertiary/aromatic N) is 3. The Morgan fingerprint density at radius 3 is 2.49 bits per heavy atom. The highest BCUT2D eigenvalue weighted by molar-refractivity contribution is 9.10. The number of hydrogen-bond acceptors (Lipinski definition) is 5. The molecule has 2 amide bonds. The lowest BCUT2D eigenvalue weighted by Crippen LogP contribution is -2.41. The van der Waals surface area contributed by atoms with Gasteiger partial charge in [-0.3, -0.25) is 19.0 Å². The molecule has 1 N–H and O–H groups in total. The van der Waals surface area contributed by atoms with E-state index in [1.807, 2.05) is 24.3 Å². The Labute approximate surface area is 234 Å². The highest BCUT2D eigenvalue weighted by atomic mass is 79.9. The number of anilines is 2. The lowest BCUT2D eigenvalue weighted by Gasteiger charge is -2.25. The molecule has 39 heavy (non-hydrogen) atoms. The van der Waals surface area contributed by atoms with E-state index in [4.69, 9.17) is 0 Å². The zero-order valence-corrected chi connectivity index (χ0v) is 23.1. The average molecular weight is 603 g/mol. The number of carbonyl (C=O) groups excluding carboxylic acids is 2. The zero-order valence-electron chi connectivity index (χ0n) is 20.7. The quantitative estimate of drug-likeness (QED) is 0.383. The largest absolute Gasteiger partial charge is 0.322 e. The van der Waals surface area contributed by atoms with Gasteiger partial charge in [0.05, 0.1) is 28.6 Å². The first-order valence-electron chi connectivity index (χ1n) is 12.0. The number of halogens is 2. The number of benzene rings is 3. The third-order valence-electron chi connectivity index (χ3n) is 6.79. The Balaban J connectivity index is 1.60. The van der Waals surface area contributed by atoms with E-state index in [2.05, 4.69) is 26.2 Å². The summed E-state index contributed by atoms with van der Waals surface area (Å²) in [5, 5.41) is 2.88. The van der Waals surface area contributed by atoms with Gasteiger partial charge in [0.1, 0.15) is 10.3 Å². The summed E-state index contributed by atoms with van der Waals surface area (Å²) in [7, 11) is 1.66. The molecule has 1 atom stereocenters. The summed E-state index contributed by atoms with van der Waals surface area (Å²) in [6.07, 6.45) is 0. The second kappa shape index (κ2) is 9.55. The fourth-order valence-corrected chi connectivity index (χ4v) is 6.45. The van der Waals surface area contributed by atoms with Crippen LogP contribution in [0.15, 0.2) is 98.3 Å². The predicted molar refractivity (Wildman–Crippen MR) is 152 cm³/mol. The van der Waals surface area contributed by atoms with Gasteiger partial charge in [0, 0.05) is 22.8 Å². The summed E-state index contributed by atoms with van der Waals surface area (Å²) in [6.45, 7) is 1.71. The minimum atomic E-state index is -0.879. The smallest absolute Gasteiger partial charge is 0.271 e. The Bertz CT molecular complexity index is 1900. The minimum Gasteiger partial charge on any atom is -0.322 e. The van der Waals surface area contributed by atoms with Crippen molar-refractivity contribution >= 4 is 56.0 Å². The molecule has 2 aliphatic heterocycles. The molecule has 0 saturated carbocycles. The van der Waals surface area contributed by atoms with Crippen LogP contribution in [0.4, 0.5) is 15.8 Å². The van der Waals surface area contributed by atoms with E-state index >= 15 is 0 Å². The second-order valence-corrected chi connectivity index (χ2v) is 11.1. The number of rotatable bonds is 3. The number of carbonyl (C=O) groups is 2. The Morgan fingerprint density at radius 1 is 1.05 bits per heavy atom. The van der Waals surface area contributed by atoms with E-state index in [1.54, 1.807) is 50.4 Å². The van der Waals surface area contributed by atoms with Gasteiger partial charge in [-0.15, -0.1) is 0 Å². The maximum Gasteiger partial charge on any atom is 0.271 e. The van der Waals surface area contributed by atoms with Crippen molar-refractivity contribution in [1.82, 2.24) is 4.57 Å². The SMILES string of the molecule is CC1=C(C(=O)Nc2ccccc2)[C@H](c2ccc(F)cc2)n2c(s/c(=C3\C(=O)N(C)c4ccc(Br)cc43)c2=O)=N1. The number of thiazole rings is 1. The van der Waals surface area contributed by atoms with Gasteiger partial charge in [-0.05, 0) is 55.0 Å². The summed E-state index contributed by atoms with van der Waals surface area (Å²) in [4.78, 5) is 47.6. The molecule has 0 radical (unpaired) electrons. The summed E-state index contributed by atoms with van der Waals surface area (Å²) in [5.74, 6) is -1.17. The Morgan fingerprint density at radius 2 is 1.77 bits per heavy atom. The molecule has 2 aliphatic rings. The maximum absolute atomic E-state index is 14.1. The summed E-state index contributed by atoms with van der Waals surface area (Å²) in [5.41, 5.74) is 2.97. The van der Waals surface area contributed by atoms with Gasteiger partial charge in [-0.1, -0.05) is 57.6 Å². The lowest BCUT2D eigenvalue weighted by molar-refractivity contribution is -0.113. The molecule has 0 bridgehead atoms. The molecule has 4 aromatic rings. The number of likely N-dealkylation sites (N-methyl/N-ethyl adjacent to an activating group) is 1. The van der Waals surface area contributed by atoms with E-state index < -0.39 is 23.3 Å². The first kappa shape index (κ1) is 25.1. The fraction of sp³-hybridized carbons (Fsp3) is 0.103. The molecule has 1 aromatic heterocycles. The fourth-order valence-electron chi connectivity index (χ4n) is 4.96. The van der Waals surface area contributed by atoms with E-state index in [1.165, 1.54) is 21.6 Å². The number of para-hydroxylation sites is 1. The van der Waals surface area contributed by atoms with Crippen molar-refractivity contribution in [2.24, 2.45) is 4.99 Å². The molecule has 0 spiro atoms. The number of amides is 2. The monoisotopic (exact) mass is 602 g/mol. The highest BCUT2D eigenvalue weighted by Crippen LogP contribution is 2.36. The molecule has 194 valence electrons. The van der Waals surface area contributed by atoms with E-state index in [9.17, 15) is 18.8 Å². The maximum atomic E-state index is 14.1. The van der Waals surface area contributed by atoms with Crippen molar-refractivity contribution < 1.29 is 14.0 Å². The third-order valence-corrected chi connectivity index (χ3v) is 8.34. The van der Waals surface area contributed by atoms with Crippen molar-refractivity contribution in [3.8, 4) is 0 Å². The lowest BCUT2D eigenvalue weighted by atomic mass is 9.95. The standard InChI is InChI=1S/C29H20BrFN4O3S/c1-15-22(26(36)33-19-6-4-3-5-7-19)24(16-8-11-18(31)12-9-16)35-28(38)25(39-29(35)32-15)23-20-14-17(30)10-13-21(20)34(2)27(23)37/h3-14,24H,1-2H3,(H,33,36)/b25-23-/t24-/m0/s1. The topological polar surface area (TPSA) is 83.8 Å². The first-order chi connectivity index (χ1) is 18.7. The van der Waals surface area contributed by atoms with E-state index in [0.717, 1.165) is 15.8 Å². The molecule has 7 nitrogen and oxygen atoms in total. The van der Waals surface area contributed by atoms with E-state index in [-0.39, 0.29) is 21.6 Å². The van der Waals surface area contributed by atoms with Crippen molar-refractivity contribution in [2.75, 3.05) is 17.3 Å². The van der Waals surface area contributed by atoms with Crippen molar-refractivity contribution in [3.05, 3.63) is 125 Å². The van der Waals surface area contributed by atoms with Gasteiger partial charge < -0.3 is 10.2 Å². The van der Waals surface area contributed by atoms with Crippen LogP contribution in [0.25, 0.3) is 5.57 Å². The minimum absolute atomic E-state index is 0.229. The van der Waals surface area contributed by atoms with Gasteiger partial charge >= 0.3 is 0 Å². The van der Waals surface area contributed by atoms with Crippen LogP contribution < -0.4 is 25.1 Å². The van der Waals surface area contributed by atoms with Crippen molar-refractivity contribution in [2.45, 2.75) is 13.0 Å². The second-order valence-electron chi connectivity index (χ2n) is 9.17. The van der Waals surface area contributed by atoms with Crippen molar-refractivity contribution in [1.29, 1.82) is 0 Å². The van der Waals surface area contributed by atoms with Crippen LogP contribution in [0.3, 0.4) is 0 Å². The van der Waals surface area contributed by atoms with Crippen LogP contribution in [0.5, 0.6) is 0 Å². The zero-order chi connectivity index (χ0) is 27.4. The molecule has 0 fully saturated rings. The first-order valence-corrected chi connectivity index (χ1v) is 13.6. The number of allylic oxidation sites excluding steroid dienone is 1. The number of aromatic nitrogens is 1. The van der Waals surface area contributed by atoms with Gasteiger partial charge in [-0.25, -0.2) is 9.38 Å². The third kappa shape index (κ3) is 4.16. The average Bonchev–Trinajstić information content (AvgIpc) is 3.36. The molecule has 6 rings (SSSR count). The summed E-state index contributed by atoms with van der Waals surface area (Å²) < 4.78 is 16.3. The van der Waals surface area contributed by atoms with Crippen LogP contribution in [-0.2, 0) is 9.59 Å². The van der Waals surface area contributed by atoms with Crippen LogP contribution in [0.2, 0.25) is 0 Å². The number of nitrogens with one attached hydrogen (secondary N) is 1. The molecule has 0 saturated heterocycles. The van der Waals surface area contributed by atoms with Gasteiger partial charge in [0.15, 0.2) is 4.80 Å². The number of fused-ring (bicyclic) bond motifs is 2. The Hall–Kier alpha value is -4.15. The molecule has 0 unspecified atom stereocenters. The predicted octanol–water partition coefficient (Wildman–Crippen LogP) is 4.12. The van der Waals surface area contributed by atoms with Crippen LogP contribution >= 0.6 is 27.3 Å². The molecule has 3 heterocycles. The molecule has 10 heteroatoms. The molecule has 3 aromatic carbocycles. The van der Waals surface area contributed by atoms with Crippen LogP contribution in [0.1, 0.15) is 24.1 Å². The van der Waals surface area contributed by atoms with Crippen LogP contribution in [0, 0.1) is 5.82 Å². The summed E-state index contributed by atoms with van der Waals surface area (Å²) >= 11 is 4.56. The van der Waals surface area contributed by atoms with Gasteiger partial charge in [0.2, 0.25) is 0 Å². The molecule has 0 aliphatic carbocycles. The van der Waals surface area contributed by atoms with Gasteiger partial charge in [-0.2, -0.15) is 0 Å². The highest BCUT2D eigenvalue weighted by Gasteiger charge is 2.36. The normalized spacial score (nSPS) is 17.6. The van der Waals surface area contributed by atoms with Crippen molar-refractivity contribution in [3.63, 3.8) is 0 Å². The summed E-state index contributed by atoms with van der Waals surface area (Å²) in [6, 6.07) is 19.2.